The van der Waals surface area contributed by atoms with Crippen molar-refractivity contribution in [2.24, 2.45) is 11.8 Å². The van der Waals surface area contributed by atoms with Gasteiger partial charge in [0.2, 0.25) is 0 Å². The Balaban J connectivity index is 1.54. The lowest BCUT2D eigenvalue weighted by Gasteiger charge is -2.20. The van der Waals surface area contributed by atoms with Crippen LogP contribution in [0, 0.1) is 11.8 Å². The fourth-order valence-corrected chi connectivity index (χ4v) is 3.36. The van der Waals surface area contributed by atoms with Gasteiger partial charge < -0.3 is 4.90 Å². The molecule has 2 saturated heterocycles. The van der Waals surface area contributed by atoms with Crippen LogP contribution in [0.2, 0.25) is 0 Å². The molecule has 0 bridgehead atoms. The molecule has 3 aliphatic rings. The van der Waals surface area contributed by atoms with Crippen molar-refractivity contribution in [1.29, 1.82) is 0 Å². The number of nitrogens with zero attached hydrogens (tertiary/aromatic N) is 2. The van der Waals surface area contributed by atoms with Crippen molar-refractivity contribution in [3.8, 4) is 0 Å². The lowest BCUT2D eigenvalue weighted by molar-refractivity contribution is 0.250. The number of hydrogen-bond donors (Lipinski definition) is 0. The Morgan fingerprint density at radius 1 is 1.00 bits per heavy atom. The van der Waals surface area contributed by atoms with Crippen LogP contribution in [0.5, 0.6) is 0 Å². The predicted molar refractivity (Wildman–Crippen MR) is 58.3 cm³/mol. The number of rotatable bonds is 3. The molecule has 1 aliphatic carbocycles. The van der Waals surface area contributed by atoms with Gasteiger partial charge in [-0.15, -0.1) is 0 Å². The number of hydrogen-bond acceptors (Lipinski definition) is 2. The highest BCUT2D eigenvalue weighted by Gasteiger charge is 2.43. The summed E-state index contributed by atoms with van der Waals surface area (Å²) >= 11 is 0. The van der Waals surface area contributed by atoms with E-state index >= 15 is 0 Å². The second-order valence-corrected chi connectivity index (χ2v) is 5.46. The largest absolute Gasteiger partial charge is 0.303 e. The molecule has 2 heterocycles. The van der Waals surface area contributed by atoms with Gasteiger partial charge in [-0.1, -0.05) is 6.92 Å². The fraction of sp³-hybridized carbons (Fsp3) is 1.00. The second kappa shape index (κ2) is 3.49. The molecule has 2 unspecified atom stereocenters. The van der Waals surface area contributed by atoms with Crippen LogP contribution in [0.3, 0.4) is 0 Å². The molecule has 14 heavy (non-hydrogen) atoms. The van der Waals surface area contributed by atoms with Crippen LogP contribution in [-0.2, 0) is 0 Å². The fourth-order valence-electron chi connectivity index (χ4n) is 3.36. The molecule has 0 aromatic heterocycles. The molecule has 0 aromatic rings. The molecule has 0 amide bonds. The summed E-state index contributed by atoms with van der Waals surface area (Å²) < 4.78 is 0. The van der Waals surface area contributed by atoms with Gasteiger partial charge in [0.15, 0.2) is 0 Å². The van der Waals surface area contributed by atoms with E-state index in [9.17, 15) is 0 Å². The van der Waals surface area contributed by atoms with Crippen molar-refractivity contribution < 1.29 is 0 Å². The van der Waals surface area contributed by atoms with Crippen molar-refractivity contribution in [2.75, 3.05) is 32.7 Å². The Morgan fingerprint density at radius 3 is 2.14 bits per heavy atom. The van der Waals surface area contributed by atoms with Crippen LogP contribution >= 0.6 is 0 Å². The Bertz CT molecular complexity index is 198. The topological polar surface area (TPSA) is 6.48 Å². The number of likely N-dealkylation sites (tertiary alicyclic amines) is 2. The maximum absolute atomic E-state index is 2.76. The first-order valence-corrected chi connectivity index (χ1v) is 6.33. The average molecular weight is 194 g/mol. The van der Waals surface area contributed by atoms with Gasteiger partial charge in [-0.05, 0) is 37.6 Å². The molecule has 2 heteroatoms. The Kier molecular flexibility index (Phi) is 2.29. The van der Waals surface area contributed by atoms with E-state index in [2.05, 4.69) is 16.7 Å². The molecule has 3 rings (SSSR count). The number of fused-ring (bicyclic) bond motifs is 1. The van der Waals surface area contributed by atoms with E-state index in [0.717, 1.165) is 17.9 Å². The average Bonchev–Trinajstić information content (AvgIpc) is 2.82. The molecule has 0 spiro atoms. The summed E-state index contributed by atoms with van der Waals surface area (Å²) in [5.74, 6) is 2.03. The van der Waals surface area contributed by atoms with E-state index in [1.807, 2.05) is 0 Å². The van der Waals surface area contributed by atoms with Gasteiger partial charge in [-0.25, -0.2) is 0 Å². The summed E-state index contributed by atoms with van der Waals surface area (Å²) in [5.41, 5.74) is 0. The molecule has 2 atom stereocenters. The Labute approximate surface area is 87.3 Å². The predicted octanol–water partition coefficient (Wildman–Crippen LogP) is 1.42. The minimum absolute atomic E-state index is 1.00. The van der Waals surface area contributed by atoms with E-state index < -0.39 is 0 Å². The van der Waals surface area contributed by atoms with E-state index in [1.54, 1.807) is 0 Å². The zero-order valence-corrected chi connectivity index (χ0v) is 9.28. The molecule has 3 fully saturated rings. The first-order chi connectivity index (χ1) is 6.86. The molecule has 0 aromatic carbocycles. The third kappa shape index (κ3) is 1.59. The van der Waals surface area contributed by atoms with Gasteiger partial charge in [0.05, 0.1) is 0 Å². The summed E-state index contributed by atoms with van der Waals surface area (Å²) in [7, 11) is 0. The van der Waals surface area contributed by atoms with Crippen molar-refractivity contribution in [2.45, 2.75) is 32.2 Å². The second-order valence-electron chi connectivity index (χ2n) is 5.46. The Hall–Kier alpha value is -0.0800. The highest BCUT2D eigenvalue weighted by molar-refractivity contribution is 4.97. The minimum Gasteiger partial charge on any atom is -0.303 e. The lowest BCUT2D eigenvalue weighted by Crippen LogP contribution is -2.30. The molecule has 0 radical (unpaired) electrons. The van der Waals surface area contributed by atoms with Crippen molar-refractivity contribution >= 4 is 0 Å². The van der Waals surface area contributed by atoms with E-state index in [-0.39, 0.29) is 0 Å². The minimum atomic E-state index is 1.00. The molecule has 2 nitrogen and oxygen atoms in total. The summed E-state index contributed by atoms with van der Waals surface area (Å²) in [6, 6.07) is 1.00. The first-order valence-electron chi connectivity index (χ1n) is 6.33. The smallest absolute Gasteiger partial charge is 0.00966 e. The molecule has 1 saturated carbocycles. The van der Waals surface area contributed by atoms with Gasteiger partial charge in [0, 0.05) is 32.2 Å². The highest BCUT2D eigenvalue weighted by atomic mass is 15.3. The van der Waals surface area contributed by atoms with Crippen LogP contribution in [0.1, 0.15) is 26.2 Å². The maximum Gasteiger partial charge on any atom is 0.00966 e. The normalized spacial score (nSPS) is 39.2. The zero-order valence-electron chi connectivity index (χ0n) is 9.28. The van der Waals surface area contributed by atoms with Crippen LogP contribution in [0.15, 0.2) is 0 Å². The summed E-state index contributed by atoms with van der Waals surface area (Å²) in [6.45, 7) is 9.23. The molecular formula is C12H22N2. The van der Waals surface area contributed by atoms with Crippen molar-refractivity contribution in [3.05, 3.63) is 0 Å². The highest BCUT2D eigenvalue weighted by Crippen LogP contribution is 2.37. The van der Waals surface area contributed by atoms with Crippen LogP contribution in [0.25, 0.3) is 0 Å². The summed E-state index contributed by atoms with van der Waals surface area (Å²) in [4.78, 5) is 5.44. The van der Waals surface area contributed by atoms with Crippen LogP contribution < -0.4 is 0 Å². The monoisotopic (exact) mass is 194 g/mol. The molecule has 80 valence electrons. The van der Waals surface area contributed by atoms with E-state index in [1.165, 1.54) is 52.0 Å². The molecular weight excluding hydrogens is 172 g/mol. The summed E-state index contributed by atoms with van der Waals surface area (Å²) in [5, 5.41) is 0. The first kappa shape index (κ1) is 9.17. The van der Waals surface area contributed by atoms with E-state index in [0.29, 0.717) is 0 Å². The molecule has 0 N–H and O–H groups in total. The standard InChI is InChI=1S/C12H22N2/c1-2-5-13-6-10-8-14(12-3-4-12)9-11(10)7-13/h10-12H,2-9H2,1H3. The SMILES string of the molecule is CCCN1CC2CN(C3CC3)CC2C1. The van der Waals surface area contributed by atoms with Crippen LogP contribution in [0.4, 0.5) is 0 Å². The van der Waals surface area contributed by atoms with Crippen molar-refractivity contribution in [1.82, 2.24) is 9.80 Å². The van der Waals surface area contributed by atoms with Gasteiger partial charge >= 0.3 is 0 Å². The molecule has 2 aliphatic heterocycles. The van der Waals surface area contributed by atoms with Gasteiger partial charge in [0.25, 0.3) is 0 Å². The zero-order chi connectivity index (χ0) is 9.54. The van der Waals surface area contributed by atoms with Crippen molar-refractivity contribution in [3.63, 3.8) is 0 Å². The van der Waals surface area contributed by atoms with Gasteiger partial charge in [-0.2, -0.15) is 0 Å². The third-order valence-electron chi connectivity index (χ3n) is 4.19. The maximum atomic E-state index is 2.76. The quantitative estimate of drug-likeness (QED) is 0.670. The van der Waals surface area contributed by atoms with Crippen LogP contribution in [-0.4, -0.2) is 48.6 Å². The third-order valence-corrected chi connectivity index (χ3v) is 4.19. The van der Waals surface area contributed by atoms with E-state index in [4.69, 9.17) is 0 Å². The Morgan fingerprint density at radius 2 is 1.64 bits per heavy atom. The van der Waals surface area contributed by atoms with Gasteiger partial charge in [0.1, 0.15) is 0 Å². The summed E-state index contributed by atoms with van der Waals surface area (Å²) in [6.07, 6.45) is 4.29. The lowest BCUT2D eigenvalue weighted by atomic mass is 10.0. The van der Waals surface area contributed by atoms with Gasteiger partial charge in [-0.3, -0.25) is 4.90 Å².